The van der Waals surface area contributed by atoms with Gasteiger partial charge in [-0.3, -0.25) is 0 Å². The van der Waals surface area contributed by atoms with Crippen molar-refractivity contribution in [1.29, 1.82) is 0 Å². The van der Waals surface area contributed by atoms with Crippen molar-refractivity contribution in [2.75, 3.05) is 6.54 Å². The molecule has 1 aliphatic rings. The predicted octanol–water partition coefficient (Wildman–Crippen LogP) is 0.522. The fourth-order valence-corrected chi connectivity index (χ4v) is 0.469. The lowest BCUT2D eigenvalue weighted by molar-refractivity contribution is 1.00. The average molecular weight is 96.1 g/mol. The summed E-state index contributed by atoms with van der Waals surface area (Å²) in [6.45, 7) is 2.87. The molecule has 7 heavy (non-hydrogen) atoms. The maximum absolute atomic E-state index is 3.95. The second kappa shape index (κ2) is 1.78. The summed E-state index contributed by atoms with van der Waals surface area (Å²) >= 11 is 0. The third-order valence-corrected chi connectivity index (χ3v) is 0.849. The lowest BCUT2D eigenvalue weighted by Gasteiger charge is -2.02. The first-order valence-electron chi connectivity index (χ1n) is 2.33. The molecule has 1 N–H and O–H groups in total. The number of hydrogen-bond donors (Lipinski definition) is 1. The highest BCUT2D eigenvalue weighted by Crippen LogP contribution is 1.82. The van der Waals surface area contributed by atoms with Gasteiger partial charge in [0.2, 0.25) is 0 Å². The van der Waals surface area contributed by atoms with Crippen LogP contribution in [0.3, 0.4) is 0 Å². The molecule has 0 aliphatic carbocycles. The van der Waals surface area contributed by atoms with E-state index >= 15 is 0 Å². The Kier molecular flexibility index (Phi) is 1.11. The number of hydrogen-bond acceptors (Lipinski definition) is 2. The summed E-state index contributed by atoms with van der Waals surface area (Å²) in [6.07, 6.45) is 3.79. The summed E-state index contributed by atoms with van der Waals surface area (Å²) in [6, 6.07) is 0. The van der Waals surface area contributed by atoms with Crippen LogP contribution in [0, 0.1) is 0 Å². The van der Waals surface area contributed by atoms with Gasteiger partial charge >= 0.3 is 0 Å². The third-order valence-electron chi connectivity index (χ3n) is 0.849. The molecule has 0 spiro atoms. The van der Waals surface area contributed by atoms with Gasteiger partial charge in [-0.25, -0.2) is 4.99 Å². The third kappa shape index (κ3) is 1.03. The molecule has 2 nitrogen and oxygen atoms in total. The first kappa shape index (κ1) is 4.37. The molecule has 0 fully saturated rings. The normalized spacial score (nSPS) is 18.1. The fraction of sp³-hybridized carbons (Fsp3) is 0.400. The molecule has 0 aromatic rings. The molecule has 0 radical (unpaired) electrons. The molecule has 0 amide bonds. The van der Waals surface area contributed by atoms with E-state index in [-0.39, 0.29) is 0 Å². The van der Waals surface area contributed by atoms with Gasteiger partial charge in [0.1, 0.15) is 0 Å². The molecule has 1 rings (SSSR count). The summed E-state index contributed by atoms with van der Waals surface area (Å²) in [5, 5.41) is 3.05. The van der Waals surface area contributed by atoms with Crippen LogP contribution in [0.25, 0.3) is 0 Å². The molecule has 1 aliphatic heterocycles. The van der Waals surface area contributed by atoms with Crippen molar-refractivity contribution >= 4 is 5.84 Å². The predicted molar refractivity (Wildman–Crippen MR) is 30.3 cm³/mol. The van der Waals surface area contributed by atoms with E-state index in [0.717, 1.165) is 12.4 Å². The van der Waals surface area contributed by atoms with E-state index in [4.69, 9.17) is 0 Å². The summed E-state index contributed by atoms with van der Waals surface area (Å²) < 4.78 is 0. The summed E-state index contributed by atoms with van der Waals surface area (Å²) in [5.41, 5.74) is 0. The highest BCUT2D eigenvalue weighted by atomic mass is 15.0. The Labute approximate surface area is 42.9 Å². The lowest BCUT2D eigenvalue weighted by Crippen LogP contribution is -2.21. The highest BCUT2D eigenvalue weighted by molar-refractivity contribution is 5.80. The van der Waals surface area contributed by atoms with Crippen molar-refractivity contribution in [2.24, 2.45) is 4.99 Å². The van der Waals surface area contributed by atoms with Crippen LogP contribution in [-0.2, 0) is 0 Å². The van der Waals surface area contributed by atoms with E-state index in [9.17, 15) is 0 Å². The molecule has 38 valence electrons. The van der Waals surface area contributed by atoms with Crippen molar-refractivity contribution in [3.05, 3.63) is 12.3 Å². The van der Waals surface area contributed by atoms with Crippen LogP contribution in [0.4, 0.5) is 0 Å². The molecule has 0 saturated heterocycles. The fourth-order valence-electron chi connectivity index (χ4n) is 0.469. The Morgan fingerprint density at radius 1 is 1.86 bits per heavy atom. The van der Waals surface area contributed by atoms with Crippen LogP contribution in [0.1, 0.15) is 6.92 Å². The Morgan fingerprint density at radius 3 is 3.00 bits per heavy atom. The minimum absolute atomic E-state index is 0.926. The largest absolute Gasteiger partial charge is 0.370 e. The molecule has 0 saturated carbocycles. The monoisotopic (exact) mass is 96.1 g/mol. The van der Waals surface area contributed by atoms with Crippen LogP contribution in [0.15, 0.2) is 17.3 Å². The summed E-state index contributed by atoms with van der Waals surface area (Å²) in [4.78, 5) is 3.95. The van der Waals surface area contributed by atoms with Crippen molar-refractivity contribution in [2.45, 2.75) is 6.92 Å². The minimum atomic E-state index is 0.926. The molecular formula is C5H8N2. The van der Waals surface area contributed by atoms with E-state index in [0.29, 0.717) is 0 Å². The number of nitrogens with zero attached hydrogens (tertiary/aromatic N) is 1. The zero-order valence-electron chi connectivity index (χ0n) is 4.31. The van der Waals surface area contributed by atoms with Crippen molar-refractivity contribution in [3.63, 3.8) is 0 Å². The number of nitrogens with one attached hydrogen (secondary N) is 1. The molecule has 0 unspecified atom stereocenters. The molecule has 0 bridgehead atoms. The van der Waals surface area contributed by atoms with Crippen LogP contribution >= 0.6 is 0 Å². The van der Waals surface area contributed by atoms with E-state index in [2.05, 4.69) is 10.3 Å². The Balaban J connectivity index is 2.57. The Morgan fingerprint density at radius 2 is 2.71 bits per heavy atom. The van der Waals surface area contributed by atoms with Crippen LogP contribution in [0.2, 0.25) is 0 Å². The lowest BCUT2D eigenvalue weighted by atomic mass is 10.5. The molecular weight excluding hydrogens is 88.1 g/mol. The van der Waals surface area contributed by atoms with Gasteiger partial charge in [0.05, 0.1) is 5.84 Å². The minimum Gasteiger partial charge on any atom is -0.370 e. The average Bonchev–Trinajstić information content (AvgIpc) is 1.69. The SMILES string of the molecule is CC1=NC=CCN1. The van der Waals surface area contributed by atoms with Crippen molar-refractivity contribution in [3.8, 4) is 0 Å². The van der Waals surface area contributed by atoms with Gasteiger partial charge in [-0.2, -0.15) is 0 Å². The van der Waals surface area contributed by atoms with E-state index in [1.54, 1.807) is 0 Å². The van der Waals surface area contributed by atoms with Gasteiger partial charge in [-0.15, -0.1) is 0 Å². The molecule has 0 aromatic carbocycles. The highest BCUT2D eigenvalue weighted by Gasteiger charge is 1.86. The van der Waals surface area contributed by atoms with E-state index in [1.165, 1.54) is 0 Å². The van der Waals surface area contributed by atoms with Crippen LogP contribution in [-0.4, -0.2) is 12.4 Å². The zero-order valence-corrected chi connectivity index (χ0v) is 4.31. The van der Waals surface area contributed by atoms with E-state index < -0.39 is 0 Å². The molecule has 2 heteroatoms. The van der Waals surface area contributed by atoms with Crippen molar-refractivity contribution in [1.82, 2.24) is 5.32 Å². The van der Waals surface area contributed by atoms with Gasteiger partial charge in [0.25, 0.3) is 0 Å². The Hall–Kier alpha value is -0.790. The quantitative estimate of drug-likeness (QED) is 0.467. The second-order valence-corrected chi connectivity index (χ2v) is 1.48. The molecule has 0 atom stereocenters. The van der Waals surface area contributed by atoms with Gasteiger partial charge < -0.3 is 5.32 Å². The summed E-state index contributed by atoms with van der Waals surface area (Å²) in [7, 11) is 0. The van der Waals surface area contributed by atoms with E-state index in [1.807, 2.05) is 19.2 Å². The first-order chi connectivity index (χ1) is 3.39. The smallest absolute Gasteiger partial charge is 0.0985 e. The maximum atomic E-state index is 3.95. The van der Waals surface area contributed by atoms with Gasteiger partial charge in [0.15, 0.2) is 0 Å². The zero-order chi connectivity index (χ0) is 5.11. The van der Waals surface area contributed by atoms with Gasteiger partial charge in [0, 0.05) is 12.7 Å². The van der Waals surface area contributed by atoms with Crippen molar-refractivity contribution < 1.29 is 0 Å². The number of rotatable bonds is 0. The molecule has 0 aromatic heterocycles. The molecule has 1 heterocycles. The van der Waals surface area contributed by atoms with Gasteiger partial charge in [-0.05, 0) is 13.0 Å². The second-order valence-electron chi connectivity index (χ2n) is 1.48. The standard InChI is InChI=1S/C5H8N2/c1-5-6-3-2-4-7-5/h2-3H,4H2,1H3,(H,6,7). The van der Waals surface area contributed by atoms with Gasteiger partial charge in [-0.1, -0.05) is 0 Å². The van der Waals surface area contributed by atoms with Crippen LogP contribution < -0.4 is 5.32 Å². The maximum Gasteiger partial charge on any atom is 0.0985 e. The summed E-state index contributed by atoms with van der Waals surface area (Å²) in [5.74, 6) is 1.00. The number of amidine groups is 1. The first-order valence-corrected chi connectivity index (χ1v) is 2.33. The Bertz CT molecular complexity index is 113. The topological polar surface area (TPSA) is 24.4 Å². The van der Waals surface area contributed by atoms with Crippen LogP contribution in [0.5, 0.6) is 0 Å². The number of aliphatic imine (C=N–C) groups is 1.